The van der Waals surface area contributed by atoms with Crippen molar-refractivity contribution in [2.24, 2.45) is 5.92 Å². The molecule has 30 heavy (non-hydrogen) atoms. The molecule has 1 aliphatic heterocycles. The Labute approximate surface area is 208 Å². The fraction of sp³-hybridized carbons (Fsp3) is 0.263. The Morgan fingerprint density at radius 2 is 1.10 bits per heavy atom. The van der Waals surface area contributed by atoms with Gasteiger partial charge < -0.3 is 21.9 Å². The van der Waals surface area contributed by atoms with Gasteiger partial charge in [0.05, 0.1) is 11.4 Å². The molecule has 8 nitrogen and oxygen atoms in total. The van der Waals surface area contributed by atoms with Gasteiger partial charge in [0.2, 0.25) is 0 Å². The Bertz CT molecular complexity index is 657. The number of rotatable bonds is 5. The van der Waals surface area contributed by atoms with Gasteiger partial charge in [0.25, 0.3) is 11.8 Å². The molecule has 156 valence electrons. The maximum Gasteiger partial charge on any atom is 3.00 e. The number of hydrogen-bond acceptors (Lipinski definition) is 5. The van der Waals surface area contributed by atoms with Crippen LogP contribution in [0.4, 0.5) is 11.4 Å². The molecule has 0 unspecified atom stereocenters. The molecule has 1 heterocycles. The van der Waals surface area contributed by atoms with Gasteiger partial charge in [-0.2, -0.15) is 0 Å². The topological polar surface area (TPSA) is 162 Å². The molecule has 0 bridgehead atoms. The molecule has 0 aromatic heterocycles. The van der Waals surface area contributed by atoms with Gasteiger partial charge in [-0.1, -0.05) is 56.2 Å². The fourth-order valence-corrected chi connectivity index (χ4v) is 2.88. The number of nitrogens with zero attached hydrogens (tertiary/aromatic N) is 2. The van der Waals surface area contributed by atoms with E-state index >= 15 is 0 Å². The molecule has 1 fully saturated rings. The van der Waals surface area contributed by atoms with Gasteiger partial charge in [-0.3, -0.25) is 9.59 Å². The molecule has 5 N–H and O–H groups in total. The van der Waals surface area contributed by atoms with E-state index in [9.17, 15) is 9.59 Å². The summed E-state index contributed by atoms with van der Waals surface area (Å²) in [5.74, 6) is -0.868. The molecule has 6 radical (unpaired) electrons. The van der Waals surface area contributed by atoms with Crippen LogP contribution < -0.4 is 10.0 Å². The summed E-state index contributed by atoms with van der Waals surface area (Å²) in [6.45, 7) is 2.06. The predicted molar refractivity (Wildman–Crippen MR) is 118 cm³/mol. The first-order valence-electron chi connectivity index (χ1n) is 8.02. The first-order valence-corrected chi connectivity index (χ1v) is 8.02. The third-order valence-electron chi connectivity index (χ3n) is 4.06. The minimum atomic E-state index is -0.588. The predicted octanol–water partition coefficient (Wildman–Crippen LogP) is 1.29. The Hall–Kier alpha value is -1.26. The van der Waals surface area contributed by atoms with Crippen molar-refractivity contribution in [1.29, 1.82) is 0 Å². The number of amides is 2. The number of hydrazine groups is 1. The maximum atomic E-state index is 12.9. The fourth-order valence-electron chi connectivity index (χ4n) is 2.88. The van der Waals surface area contributed by atoms with E-state index in [1.54, 1.807) is 0 Å². The Balaban J connectivity index is -0.000000298. The smallest absolute Gasteiger partial charge is 0.870 e. The van der Waals surface area contributed by atoms with Gasteiger partial charge >= 0.3 is 17.4 Å². The first-order chi connectivity index (χ1) is 11.2. The van der Waals surface area contributed by atoms with E-state index < -0.39 is 5.92 Å². The first kappa shape index (κ1) is 39.2. The van der Waals surface area contributed by atoms with E-state index in [2.05, 4.69) is 6.92 Å². The molecule has 0 saturated carbocycles. The average Bonchev–Trinajstić information content (AvgIpc) is 2.85. The minimum absolute atomic E-state index is 0. The van der Waals surface area contributed by atoms with Gasteiger partial charge in [-0.05, 0) is 30.7 Å². The van der Waals surface area contributed by atoms with Crippen LogP contribution >= 0.6 is 0 Å². The molecule has 2 aromatic carbocycles. The van der Waals surface area contributed by atoms with E-state index in [4.69, 9.17) is 0 Å². The summed E-state index contributed by atoms with van der Waals surface area (Å²) in [4.78, 5) is 25.7. The molecule has 0 atom stereocenters. The van der Waals surface area contributed by atoms with E-state index in [1.807, 2.05) is 60.7 Å². The molecule has 11 heteroatoms. The van der Waals surface area contributed by atoms with E-state index in [-0.39, 0.29) is 85.1 Å². The second kappa shape index (κ2) is 18.5. The molecular weight excluding hydrogens is 432 g/mol. The molecule has 0 spiro atoms. The third-order valence-corrected chi connectivity index (χ3v) is 4.06. The summed E-state index contributed by atoms with van der Waals surface area (Å²) < 4.78 is 0. The van der Waals surface area contributed by atoms with Crippen LogP contribution in [0.3, 0.4) is 0 Å². The van der Waals surface area contributed by atoms with Crippen molar-refractivity contribution >= 4 is 74.6 Å². The van der Waals surface area contributed by atoms with Crippen LogP contribution in [0, 0.1) is 5.92 Å². The zero-order valence-corrected chi connectivity index (χ0v) is 20.4. The monoisotopic (exact) mass is 456 g/mol. The van der Waals surface area contributed by atoms with Crippen LogP contribution in [0.1, 0.15) is 26.2 Å². The van der Waals surface area contributed by atoms with Crippen LogP contribution in [0.25, 0.3) is 0 Å². The van der Waals surface area contributed by atoms with Crippen molar-refractivity contribution in [1.82, 2.24) is 0 Å². The minimum Gasteiger partial charge on any atom is -0.870 e. The van der Waals surface area contributed by atoms with Crippen molar-refractivity contribution in [3.8, 4) is 0 Å². The Morgan fingerprint density at radius 3 is 1.40 bits per heavy atom. The average molecular weight is 457 g/mol. The summed E-state index contributed by atoms with van der Waals surface area (Å²) in [7, 11) is 0. The number of hydrogen-bond donors (Lipinski definition) is 0. The summed E-state index contributed by atoms with van der Waals surface area (Å²) in [6, 6.07) is 18.7. The van der Waals surface area contributed by atoms with Gasteiger partial charge in [0, 0.05) is 34.0 Å². The molecule has 0 aliphatic carbocycles. The van der Waals surface area contributed by atoms with Crippen molar-refractivity contribution in [3.05, 3.63) is 60.7 Å². The summed E-state index contributed by atoms with van der Waals surface area (Å²) in [6.07, 6.45) is 2.43. The quantitative estimate of drug-likeness (QED) is 0.488. The van der Waals surface area contributed by atoms with Crippen LogP contribution in [-0.2, 0) is 9.59 Å². The third kappa shape index (κ3) is 8.11. The van der Waals surface area contributed by atoms with Crippen LogP contribution in [0.2, 0.25) is 0 Å². The van der Waals surface area contributed by atoms with Crippen LogP contribution in [-0.4, -0.2) is 85.1 Å². The van der Waals surface area contributed by atoms with Crippen molar-refractivity contribution in [2.45, 2.75) is 26.2 Å². The second-order valence-electron chi connectivity index (χ2n) is 5.67. The van der Waals surface area contributed by atoms with E-state index in [0.29, 0.717) is 17.8 Å². The maximum absolute atomic E-state index is 12.9. The molecule has 2 amide bonds. The van der Waals surface area contributed by atoms with Crippen molar-refractivity contribution in [3.63, 3.8) is 0 Å². The number of anilines is 2. The van der Waals surface area contributed by atoms with Crippen molar-refractivity contribution < 1.29 is 31.5 Å². The molecule has 1 saturated heterocycles. The zero-order chi connectivity index (χ0) is 16.2. The van der Waals surface area contributed by atoms with Gasteiger partial charge in [0.1, 0.15) is 5.92 Å². The van der Waals surface area contributed by atoms with Crippen LogP contribution in [0.15, 0.2) is 60.7 Å². The van der Waals surface area contributed by atoms with Crippen molar-refractivity contribution in [2.75, 3.05) is 10.0 Å². The normalized spacial score (nSPS) is 11.9. The van der Waals surface area contributed by atoms with E-state index in [0.717, 1.165) is 12.8 Å². The number of carbonyl (C=O) groups is 2. The molecular formula is C19H25AlMgN2O6Si. The van der Waals surface area contributed by atoms with Gasteiger partial charge in [-0.15, -0.1) is 0 Å². The van der Waals surface area contributed by atoms with Gasteiger partial charge in [-0.25, -0.2) is 10.0 Å². The summed E-state index contributed by atoms with van der Waals surface area (Å²) in [5, 5.41) is 3.02. The molecule has 3 rings (SSSR count). The largest absolute Gasteiger partial charge is 3.00 e. The number of unbranched alkanes of at least 4 members (excludes halogenated alkanes) is 1. The molecule has 2 aromatic rings. The Kier molecular flexibility index (Phi) is 24.2. The SMILES string of the molecule is CCCCC1C(=O)N(c2ccccc2)N(c2ccccc2)C1=O.O.[Al+3].[Mg].[OH-].[OH-].[OH-].[Si]. The van der Waals surface area contributed by atoms with Gasteiger partial charge in [0.15, 0.2) is 0 Å². The molecule has 1 aliphatic rings. The zero-order valence-electron chi connectivity index (χ0n) is 16.8. The standard InChI is InChI=1S/C19H20N2O2.Al.Mg.4H2O.Si/c1-2-3-14-17-18(22)20(15-10-6-4-7-11-15)21(19(17)23)16-12-8-5-9-13-16;;;;;;;/h4-13,17H,2-3,14H2,1H3;;;4*1H2;/q;+3;;;;;;/p-3. The number of benzene rings is 2. The number of para-hydroxylation sites is 2. The summed E-state index contributed by atoms with van der Waals surface area (Å²) >= 11 is 0. The van der Waals surface area contributed by atoms with Crippen LogP contribution in [0.5, 0.6) is 0 Å². The number of carbonyl (C=O) groups excluding carboxylic acids is 2. The Morgan fingerprint density at radius 1 is 0.767 bits per heavy atom. The second-order valence-corrected chi connectivity index (χ2v) is 5.67. The summed E-state index contributed by atoms with van der Waals surface area (Å²) in [5.41, 5.74) is 1.43. The van der Waals surface area contributed by atoms with E-state index in [1.165, 1.54) is 10.0 Å².